The molecule has 3 atom stereocenters. The normalized spacial score (nSPS) is 32.8. The Balaban J connectivity index is 2.31. The molecule has 0 aromatic rings. The van der Waals surface area contributed by atoms with Crippen LogP contribution in [0.25, 0.3) is 0 Å². The first-order valence-electron chi connectivity index (χ1n) is 6.38. The third-order valence-electron chi connectivity index (χ3n) is 3.66. The van der Waals surface area contributed by atoms with Crippen LogP contribution in [0.5, 0.6) is 0 Å². The zero-order valence-corrected chi connectivity index (χ0v) is 10.3. The van der Waals surface area contributed by atoms with Gasteiger partial charge < -0.3 is 5.32 Å². The molecule has 0 radical (unpaired) electrons. The lowest BCUT2D eigenvalue weighted by Crippen LogP contribution is -2.33. The van der Waals surface area contributed by atoms with Crippen molar-refractivity contribution in [3.05, 3.63) is 0 Å². The SMILES string of the molecule is CCCNC1CCC(CC(C)C)C1C. The van der Waals surface area contributed by atoms with Crippen LogP contribution in [0.15, 0.2) is 0 Å². The molecule has 0 saturated heterocycles. The van der Waals surface area contributed by atoms with E-state index in [4.69, 9.17) is 0 Å². The fourth-order valence-corrected chi connectivity index (χ4v) is 2.80. The van der Waals surface area contributed by atoms with Crippen LogP contribution in [0, 0.1) is 17.8 Å². The van der Waals surface area contributed by atoms with Crippen LogP contribution in [0.2, 0.25) is 0 Å². The Morgan fingerprint density at radius 1 is 1.29 bits per heavy atom. The van der Waals surface area contributed by atoms with E-state index in [2.05, 4.69) is 33.0 Å². The Hall–Kier alpha value is -0.0400. The maximum absolute atomic E-state index is 3.68. The summed E-state index contributed by atoms with van der Waals surface area (Å²) in [5.41, 5.74) is 0. The first-order valence-corrected chi connectivity index (χ1v) is 6.38. The average Bonchev–Trinajstić information content (AvgIpc) is 2.45. The first-order chi connectivity index (χ1) is 6.65. The fourth-order valence-electron chi connectivity index (χ4n) is 2.80. The maximum Gasteiger partial charge on any atom is 0.00954 e. The second kappa shape index (κ2) is 5.75. The van der Waals surface area contributed by atoms with E-state index in [0.717, 1.165) is 23.8 Å². The van der Waals surface area contributed by atoms with E-state index in [1.807, 2.05) is 0 Å². The lowest BCUT2D eigenvalue weighted by Gasteiger charge is -2.22. The molecule has 0 bridgehead atoms. The van der Waals surface area contributed by atoms with Gasteiger partial charge in [-0.15, -0.1) is 0 Å². The molecule has 0 spiro atoms. The molecule has 14 heavy (non-hydrogen) atoms. The summed E-state index contributed by atoms with van der Waals surface area (Å²) in [6, 6.07) is 0.804. The Morgan fingerprint density at radius 2 is 2.00 bits per heavy atom. The summed E-state index contributed by atoms with van der Waals surface area (Å²) in [4.78, 5) is 0. The minimum absolute atomic E-state index is 0.804. The van der Waals surface area contributed by atoms with Crippen molar-refractivity contribution >= 4 is 0 Å². The molecule has 0 aromatic carbocycles. The largest absolute Gasteiger partial charge is 0.314 e. The van der Waals surface area contributed by atoms with Crippen molar-refractivity contribution in [1.82, 2.24) is 5.32 Å². The molecular formula is C13H27N. The summed E-state index contributed by atoms with van der Waals surface area (Å²) in [6.07, 6.45) is 5.53. The molecule has 1 heteroatoms. The van der Waals surface area contributed by atoms with Crippen molar-refractivity contribution in [1.29, 1.82) is 0 Å². The minimum atomic E-state index is 0.804. The lowest BCUT2D eigenvalue weighted by atomic mass is 9.88. The summed E-state index contributed by atoms with van der Waals surface area (Å²) in [7, 11) is 0. The van der Waals surface area contributed by atoms with Gasteiger partial charge >= 0.3 is 0 Å². The smallest absolute Gasteiger partial charge is 0.00954 e. The highest BCUT2D eigenvalue weighted by Gasteiger charge is 2.32. The quantitative estimate of drug-likeness (QED) is 0.712. The van der Waals surface area contributed by atoms with E-state index in [-0.39, 0.29) is 0 Å². The Labute approximate surface area is 89.7 Å². The number of nitrogens with one attached hydrogen (secondary N) is 1. The Morgan fingerprint density at radius 3 is 2.57 bits per heavy atom. The zero-order chi connectivity index (χ0) is 10.6. The molecule has 84 valence electrons. The predicted octanol–water partition coefficient (Wildman–Crippen LogP) is 3.45. The zero-order valence-electron chi connectivity index (χ0n) is 10.3. The van der Waals surface area contributed by atoms with E-state index in [9.17, 15) is 0 Å². The second-order valence-electron chi connectivity index (χ2n) is 5.39. The van der Waals surface area contributed by atoms with Crippen LogP contribution in [0.4, 0.5) is 0 Å². The summed E-state index contributed by atoms with van der Waals surface area (Å²) >= 11 is 0. The second-order valence-corrected chi connectivity index (χ2v) is 5.39. The van der Waals surface area contributed by atoms with Gasteiger partial charge in [-0.3, -0.25) is 0 Å². The first kappa shape index (κ1) is 12.0. The van der Waals surface area contributed by atoms with Gasteiger partial charge in [0, 0.05) is 6.04 Å². The van der Waals surface area contributed by atoms with Gasteiger partial charge in [-0.1, -0.05) is 27.7 Å². The van der Waals surface area contributed by atoms with Crippen molar-refractivity contribution in [2.24, 2.45) is 17.8 Å². The highest BCUT2D eigenvalue weighted by Crippen LogP contribution is 2.35. The molecule has 1 fully saturated rings. The van der Waals surface area contributed by atoms with Gasteiger partial charge in [0.05, 0.1) is 0 Å². The van der Waals surface area contributed by atoms with Crippen LogP contribution >= 0.6 is 0 Å². The van der Waals surface area contributed by atoms with Crippen molar-refractivity contribution in [3.8, 4) is 0 Å². The number of rotatable bonds is 5. The standard InChI is InChI=1S/C13H27N/c1-5-8-14-13-7-6-12(11(13)4)9-10(2)3/h10-14H,5-9H2,1-4H3. The van der Waals surface area contributed by atoms with Gasteiger partial charge in [0.15, 0.2) is 0 Å². The highest BCUT2D eigenvalue weighted by atomic mass is 14.9. The van der Waals surface area contributed by atoms with Crippen molar-refractivity contribution in [2.75, 3.05) is 6.54 Å². The number of hydrogen-bond acceptors (Lipinski definition) is 1. The van der Waals surface area contributed by atoms with E-state index in [1.165, 1.54) is 32.2 Å². The van der Waals surface area contributed by atoms with Crippen LogP contribution in [-0.2, 0) is 0 Å². The molecule has 0 aliphatic heterocycles. The predicted molar refractivity (Wildman–Crippen MR) is 63.4 cm³/mol. The van der Waals surface area contributed by atoms with Gasteiger partial charge in [0.25, 0.3) is 0 Å². The van der Waals surface area contributed by atoms with Gasteiger partial charge in [0.2, 0.25) is 0 Å². The van der Waals surface area contributed by atoms with Gasteiger partial charge in [-0.05, 0) is 50.0 Å². The Bertz CT molecular complexity index is 153. The molecule has 0 amide bonds. The van der Waals surface area contributed by atoms with Gasteiger partial charge in [-0.2, -0.15) is 0 Å². The van der Waals surface area contributed by atoms with Crippen LogP contribution in [0.3, 0.4) is 0 Å². The van der Waals surface area contributed by atoms with E-state index >= 15 is 0 Å². The average molecular weight is 197 g/mol. The van der Waals surface area contributed by atoms with Gasteiger partial charge in [-0.25, -0.2) is 0 Å². The molecule has 1 nitrogen and oxygen atoms in total. The van der Waals surface area contributed by atoms with E-state index in [1.54, 1.807) is 0 Å². The maximum atomic E-state index is 3.68. The fraction of sp³-hybridized carbons (Fsp3) is 1.00. The summed E-state index contributed by atoms with van der Waals surface area (Å²) in [5.74, 6) is 2.74. The molecule has 1 rings (SSSR count). The van der Waals surface area contributed by atoms with Crippen LogP contribution in [0.1, 0.15) is 53.4 Å². The molecule has 1 N–H and O–H groups in total. The molecule has 0 aromatic heterocycles. The molecule has 3 unspecified atom stereocenters. The number of hydrogen-bond donors (Lipinski definition) is 1. The van der Waals surface area contributed by atoms with Crippen molar-refractivity contribution < 1.29 is 0 Å². The van der Waals surface area contributed by atoms with E-state index < -0.39 is 0 Å². The van der Waals surface area contributed by atoms with Crippen LogP contribution in [-0.4, -0.2) is 12.6 Å². The third-order valence-corrected chi connectivity index (χ3v) is 3.66. The van der Waals surface area contributed by atoms with E-state index in [0.29, 0.717) is 0 Å². The molecular weight excluding hydrogens is 170 g/mol. The summed E-state index contributed by atoms with van der Waals surface area (Å²) in [6.45, 7) is 10.6. The van der Waals surface area contributed by atoms with Crippen molar-refractivity contribution in [2.45, 2.75) is 59.4 Å². The lowest BCUT2D eigenvalue weighted by molar-refractivity contribution is 0.308. The minimum Gasteiger partial charge on any atom is -0.314 e. The monoisotopic (exact) mass is 197 g/mol. The molecule has 1 saturated carbocycles. The third kappa shape index (κ3) is 3.27. The topological polar surface area (TPSA) is 12.0 Å². The molecule has 1 aliphatic carbocycles. The Kier molecular flexibility index (Phi) is 4.94. The molecule has 1 aliphatic rings. The van der Waals surface area contributed by atoms with Crippen LogP contribution < -0.4 is 5.32 Å². The summed E-state index contributed by atoms with van der Waals surface area (Å²) < 4.78 is 0. The highest BCUT2D eigenvalue weighted by molar-refractivity contribution is 4.87. The molecule has 0 heterocycles. The summed E-state index contributed by atoms with van der Waals surface area (Å²) in [5, 5.41) is 3.68. The van der Waals surface area contributed by atoms with Crippen molar-refractivity contribution in [3.63, 3.8) is 0 Å². The van der Waals surface area contributed by atoms with Gasteiger partial charge in [0.1, 0.15) is 0 Å².